The summed E-state index contributed by atoms with van der Waals surface area (Å²) in [5.41, 5.74) is 0.819. The van der Waals surface area contributed by atoms with Crippen molar-refractivity contribution in [3.05, 3.63) is 28.7 Å². The quantitative estimate of drug-likeness (QED) is 0.817. The van der Waals surface area contributed by atoms with Crippen LogP contribution in [0.1, 0.15) is 25.7 Å². The van der Waals surface area contributed by atoms with Gasteiger partial charge in [-0.15, -0.1) is 0 Å². The number of thioether (sulfide) groups is 1. The first-order chi connectivity index (χ1) is 9.65. The highest BCUT2D eigenvalue weighted by Gasteiger charge is 2.32. The highest BCUT2D eigenvalue weighted by Crippen LogP contribution is 2.39. The molecule has 1 aromatic carbocycles. The van der Waals surface area contributed by atoms with Crippen molar-refractivity contribution in [3.63, 3.8) is 0 Å². The number of amides is 1. The summed E-state index contributed by atoms with van der Waals surface area (Å²) >= 11 is 5.36. The first kappa shape index (κ1) is 15.9. The lowest BCUT2D eigenvalue weighted by molar-refractivity contribution is -0.115. The summed E-state index contributed by atoms with van der Waals surface area (Å²) in [6.07, 6.45) is 7.31. The van der Waals surface area contributed by atoms with E-state index < -0.39 is 0 Å². The molecule has 5 heteroatoms. The number of para-hydroxylation sites is 1. The summed E-state index contributed by atoms with van der Waals surface area (Å²) in [6, 6.07) is 7.65. The van der Waals surface area contributed by atoms with Crippen LogP contribution in [-0.2, 0) is 4.79 Å². The molecule has 0 bridgehead atoms. The molecule has 0 spiro atoms. The van der Waals surface area contributed by atoms with Gasteiger partial charge in [-0.25, -0.2) is 0 Å². The molecule has 0 saturated heterocycles. The Morgan fingerprint density at radius 1 is 1.35 bits per heavy atom. The Kier molecular flexibility index (Phi) is 5.93. The Morgan fingerprint density at radius 2 is 2.05 bits per heavy atom. The molecule has 110 valence electrons. The minimum atomic E-state index is 0.00569. The number of rotatable bonds is 6. The lowest BCUT2D eigenvalue weighted by atomic mass is 10.1. The van der Waals surface area contributed by atoms with Crippen molar-refractivity contribution < 1.29 is 4.79 Å². The van der Waals surface area contributed by atoms with E-state index in [0.29, 0.717) is 11.3 Å². The average molecular weight is 357 g/mol. The van der Waals surface area contributed by atoms with Crippen LogP contribution < -0.4 is 10.6 Å². The van der Waals surface area contributed by atoms with Gasteiger partial charge in [-0.1, -0.05) is 25.0 Å². The molecule has 0 heterocycles. The van der Waals surface area contributed by atoms with E-state index >= 15 is 0 Å². The van der Waals surface area contributed by atoms with Gasteiger partial charge in [0.15, 0.2) is 0 Å². The molecule has 3 nitrogen and oxygen atoms in total. The van der Waals surface area contributed by atoms with Crippen LogP contribution in [0.5, 0.6) is 0 Å². The Bertz CT molecular complexity index is 461. The third-order valence-corrected chi connectivity index (χ3v) is 5.94. The van der Waals surface area contributed by atoms with Crippen LogP contribution in [-0.4, -0.2) is 30.0 Å². The first-order valence-electron chi connectivity index (χ1n) is 6.95. The molecule has 0 unspecified atom stereocenters. The van der Waals surface area contributed by atoms with Crippen LogP contribution in [0.4, 0.5) is 5.69 Å². The number of benzene rings is 1. The number of carbonyl (C=O) groups excluding carboxylic acids is 1. The third-order valence-electron chi connectivity index (χ3n) is 3.83. The molecule has 2 N–H and O–H groups in total. The van der Waals surface area contributed by atoms with Gasteiger partial charge in [-0.3, -0.25) is 4.79 Å². The van der Waals surface area contributed by atoms with Crippen LogP contribution in [0.15, 0.2) is 28.7 Å². The van der Waals surface area contributed by atoms with E-state index in [-0.39, 0.29) is 5.91 Å². The van der Waals surface area contributed by atoms with E-state index in [1.807, 2.05) is 36.0 Å². The van der Waals surface area contributed by atoms with Crippen molar-refractivity contribution >= 4 is 39.3 Å². The Labute approximate surface area is 133 Å². The average Bonchev–Trinajstić information content (AvgIpc) is 2.91. The maximum absolute atomic E-state index is 11.9. The van der Waals surface area contributed by atoms with Crippen molar-refractivity contribution in [2.45, 2.75) is 30.4 Å². The maximum atomic E-state index is 11.9. The van der Waals surface area contributed by atoms with Gasteiger partial charge < -0.3 is 10.6 Å². The second-order valence-corrected chi connectivity index (χ2v) is 7.35. The monoisotopic (exact) mass is 356 g/mol. The molecule has 0 aromatic heterocycles. The van der Waals surface area contributed by atoms with Crippen LogP contribution >= 0.6 is 27.7 Å². The minimum absolute atomic E-state index is 0.00569. The van der Waals surface area contributed by atoms with Gasteiger partial charge >= 0.3 is 0 Å². The van der Waals surface area contributed by atoms with Gasteiger partial charge in [0.25, 0.3) is 0 Å². The SMILES string of the molecule is CSC1(CNCC(=O)Nc2ccccc2Br)CCCC1. The van der Waals surface area contributed by atoms with Gasteiger partial charge in [0.1, 0.15) is 0 Å². The van der Waals surface area contributed by atoms with Crippen molar-refractivity contribution in [2.24, 2.45) is 0 Å². The van der Waals surface area contributed by atoms with E-state index in [9.17, 15) is 4.79 Å². The second kappa shape index (κ2) is 7.48. The number of hydrogen-bond acceptors (Lipinski definition) is 3. The highest BCUT2D eigenvalue weighted by molar-refractivity contribution is 9.10. The lowest BCUT2D eigenvalue weighted by Gasteiger charge is -2.26. The Hall–Kier alpha value is -0.520. The fraction of sp³-hybridized carbons (Fsp3) is 0.533. The van der Waals surface area contributed by atoms with Crippen LogP contribution in [0.25, 0.3) is 0 Å². The van der Waals surface area contributed by atoms with E-state index in [0.717, 1.165) is 16.7 Å². The molecule has 1 aromatic rings. The standard InChI is InChI=1S/C15H21BrN2OS/c1-20-15(8-4-5-9-15)11-17-10-14(19)18-13-7-3-2-6-12(13)16/h2-3,6-7,17H,4-5,8-11H2,1H3,(H,18,19). The summed E-state index contributed by atoms with van der Waals surface area (Å²) in [6.45, 7) is 1.28. The zero-order valence-electron chi connectivity index (χ0n) is 11.7. The molecule has 0 radical (unpaired) electrons. The topological polar surface area (TPSA) is 41.1 Å². The normalized spacial score (nSPS) is 17.1. The van der Waals surface area contributed by atoms with Crippen LogP contribution in [0.3, 0.4) is 0 Å². The first-order valence-corrected chi connectivity index (χ1v) is 8.97. The van der Waals surface area contributed by atoms with Crippen molar-refractivity contribution in [1.82, 2.24) is 5.32 Å². The Morgan fingerprint density at radius 3 is 2.70 bits per heavy atom. The molecule has 0 aliphatic heterocycles. The Balaban J connectivity index is 1.77. The van der Waals surface area contributed by atoms with Crippen LogP contribution in [0, 0.1) is 0 Å². The number of halogens is 1. The molecule has 1 saturated carbocycles. The number of hydrogen-bond donors (Lipinski definition) is 2. The van der Waals surface area contributed by atoms with Gasteiger partial charge in [0, 0.05) is 15.8 Å². The van der Waals surface area contributed by atoms with Crippen molar-refractivity contribution in [1.29, 1.82) is 0 Å². The van der Waals surface area contributed by atoms with Crippen molar-refractivity contribution in [2.75, 3.05) is 24.7 Å². The van der Waals surface area contributed by atoms with Gasteiger partial charge in [0.2, 0.25) is 5.91 Å². The molecule has 20 heavy (non-hydrogen) atoms. The maximum Gasteiger partial charge on any atom is 0.238 e. The summed E-state index contributed by atoms with van der Waals surface area (Å²) < 4.78 is 1.25. The molecule has 1 aliphatic rings. The number of nitrogens with one attached hydrogen (secondary N) is 2. The van der Waals surface area contributed by atoms with Crippen LogP contribution in [0.2, 0.25) is 0 Å². The second-order valence-electron chi connectivity index (χ2n) is 5.23. The van der Waals surface area contributed by atoms with E-state index in [4.69, 9.17) is 0 Å². The van der Waals surface area contributed by atoms with Gasteiger partial charge in [0.05, 0.1) is 12.2 Å². The fourth-order valence-corrected chi connectivity index (χ4v) is 3.96. The van der Waals surface area contributed by atoms with E-state index in [2.05, 4.69) is 32.8 Å². The molecular formula is C15H21BrN2OS. The zero-order valence-corrected chi connectivity index (χ0v) is 14.1. The fourth-order valence-electron chi connectivity index (χ4n) is 2.63. The summed E-state index contributed by atoms with van der Waals surface area (Å²) in [5.74, 6) is 0.00569. The third kappa shape index (κ3) is 4.24. The zero-order chi connectivity index (χ0) is 14.4. The summed E-state index contributed by atoms with van der Waals surface area (Å²) in [4.78, 5) is 11.9. The molecule has 1 fully saturated rings. The molecular weight excluding hydrogens is 336 g/mol. The van der Waals surface area contributed by atoms with E-state index in [1.165, 1.54) is 25.7 Å². The summed E-state index contributed by atoms with van der Waals surface area (Å²) in [5, 5.41) is 6.22. The van der Waals surface area contributed by atoms with Gasteiger partial charge in [-0.2, -0.15) is 11.8 Å². The van der Waals surface area contributed by atoms with Gasteiger partial charge in [-0.05, 0) is 47.2 Å². The predicted molar refractivity (Wildman–Crippen MR) is 90.4 cm³/mol. The smallest absolute Gasteiger partial charge is 0.238 e. The summed E-state index contributed by atoms with van der Waals surface area (Å²) in [7, 11) is 0. The molecule has 1 aliphatic carbocycles. The minimum Gasteiger partial charge on any atom is -0.324 e. The van der Waals surface area contributed by atoms with E-state index in [1.54, 1.807) is 0 Å². The predicted octanol–water partition coefficient (Wildman–Crippen LogP) is 3.65. The largest absolute Gasteiger partial charge is 0.324 e. The molecule has 1 amide bonds. The molecule has 0 atom stereocenters. The highest BCUT2D eigenvalue weighted by atomic mass is 79.9. The van der Waals surface area contributed by atoms with Crippen molar-refractivity contribution in [3.8, 4) is 0 Å². The molecule has 2 rings (SSSR count). The lowest BCUT2D eigenvalue weighted by Crippen LogP contribution is -2.39. The number of carbonyl (C=O) groups is 1. The number of anilines is 1.